The first-order chi connectivity index (χ1) is 8.27. The minimum Gasteiger partial charge on any atom is -0.325 e. The van der Waals surface area contributed by atoms with Crippen molar-refractivity contribution in [1.29, 1.82) is 0 Å². The number of nitrogens with zero attached hydrogens (tertiary/aromatic N) is 3. The van der Waals surface area contributed by atoms with Crippen molar-refractivity contribution in [2.75, 3.05) is 11.4 Å². The molecule has 0 bridgehead atoms. The van der Waals surface area contributed by atoms with Gasteiger partial charge in [-0.1, -0.05) is 29.8 Å². The summed E-state index contributed by atoms with van der Waals surface area (Å²) in [5.41, 5.74) is 3.53. The van der Waals surface area contributed by atoms with Crippen molar-refractivity contribution in [3.05, 3.63) is 46.9 Å². The van der Waals surface area contributed by atoms with Crippen LogP contribution in [0.4, 0.5) is 11.5 Å². The third-order valence-electron chi connectivity index (χ3n) is 3.14. The Kier molecular flexibility index (Phi) is 2.48. The summed E-state index contributed by atoms with van der Waals surface area (Å²) in [6, 6.07) is 8.41. The number of benzene rings is 1. The van der Waals surface area contributed by atoms with Gasteiger partial charge in [-0.05, 0) is 25.0 Å². The molecule has 0 N–H and O–H groups in total. The second kappa shape index (κ2) is 4.00. The standard InChI is InChI=1S/C13H12ClN3/c1-9-12(14)15-8-16-13(9)17-7-6-10-4-2-3-5-11(10)17/h2-5,8H,6-7H2,1H3. The zero-order valence-corrected chi connectivity index (χ0v) is 10.3. The van der Waals surface area contributed by atoms with E-state index in [4.69, 9.17) is 11.6 Å². The molecule has 1 aromatic heterocycles. The number of rotatable bonds is 1. The molecule has 0 spiro atoms. The van der Waals surface area contributed by atoms with Gasteiger partial charge in [0.25, 0.3) is 0 Å². The van der Waals surface area contributed by atoms with Gasteiger partial charge in [-0.2, -0.15) is 0 Å². The molecule has 3 rings (SSSR count). The Bertz CT molecular complexity index is 568. The molecule has 0 fully saturated rings. The van der Waals surface area contributed by atoms with Crippen molar-refractivity contribution in [1.82, 2.24) is 9.97 Å². The van der Waals surface area contributed by atoms with Gasteiger partial charge >= 0.3 is 0 Å². The first-order valence-corrected chi connectivity index (χ1v) is 5.97. The molecule has 0 aliphatic carbocycles. The van der Waals surface area contributed by atoms with Crippen molar-refractivity contribution in [2.24, 2.45) is 0 Å². The monoisotopic (exact) mass is 245 g/mol. The number of hydrogen-bond acceptors (Lipinski definition) is 3. The summed E-state index contributed by atoms with van der Waals surface area (Å²) in [7, 11) is 0. The number of halogens is 1. The molecule has 1 aliphatic heterocycles. The normalized spacial score (nSPS) is 13.9. The van der Waals surface area contributed by atoms with E-state index < -0.39 is 0 Å². The lowest BCUT2D eigenvalue weighted by Gasteiger charge is -2.20. The van der Waals surface area contributed by atoms with Gasteiger partial charge < -0.3 is 4.90 Å². The van der Waals surface area contributed by atoms with Gasteiger partial charge in [0.05, 0.1) is 0 Å². The molecule has 4 heteroatoms. The topological polar surface area (TPSA) is 29.0 Å². The highest BCUT2D eigenvalue weighted by Gasteiger charge is 2.22. The van der Waals surface area contributed by atoms with Gasteiger partial charge in [0.1, 0.15) is 17.3 Å². The zero-order valence-electron chi connectivity index (χ0n) is 9.52. The van der Waals surface area contributed by atoms with Crippen LogP contribution >= 0.6 is 11.6 Å². The van der Waals surface area contributed by atoms with E-state index in [2.05, 4.69) is 39.1 Å². The van der Waals surface area contributed by atoms with Crippen LogP contribution in [0.25, 0.3) is 0 Å². The summed E-state index contributed by atoms with van der Waals surface area (Å²) in [6.45, 7) is 2.91. The quantitative estimate of drug-likeness (QED) is 0.723. The van der Waals surface area contributed by atoms with E-state index in [1.54, 1.807) is 0 Å². The maximum Gasteiger partial charge on any atom is 0.140 e. The molecule has 1 aliphatic rings. The lowest BCUT2D eigenvalue weighted by Crippen LogP contribution is -2.16. The van der Waals surface area contributed by atoms with Gasteiger partial charge in [0, 0.05) is 17.8 Å². The molecule has 17 heavy (non-hydrogen) atoms. The van der Waals surface area contributed by atoms with Crippen molar-refractivity contribution in [3.63, 3.8) is 0 Å². The molecule has 3 nitrogen and oxygen atoms in total. The van der Waals surface area contributed by atoms with E-state index in [1.807, 2.05) is 6.92 Å². The molecule has 0 atom stereocenters. The minimum atomic E-state index is 0.527. The summed E-state index contributed by atoms with van der Waals surface area (Å²) in [5.74, 6) is 0.912. The van der Waals surface area contributed by atoms with Crippen molar-refractivity contribution in [3.8, 4) is 0 Å². The van der Waals surface area contributed by atoms with E-state index in [0.29, 0.717) is 5.15 Å². The van der Waals surface area contributed by atoms with Crippen LogP contribution < -0.4 is 4.90 Å². The third kappa shape index (κ3) is 1.67. The summed E-state index contributed by atoms with van der Waals surface area (Å²) in [6.07, 6.45) is 2.57. The summed E-state index contributed by atoms with van der Waals surface area (Å²) in [4.78, 5) is 10.6. The number of hydrogen-bond donors (Lipinski definition) is 0. The average Bonchev–Trinajstić information content (AvgIpc) is 2.77. The summed E-state index contributed by atoms with van der Waals surface area (Å²) >= 11 is 6.04. The van der Waals surface area contributed by atoms with E-state index in [-0.39, 0.29) is 0 Å². The fourth-order valence-electron chi connectivity index (χ4n) is 2.25. The predicted octanol–water partition coefficient (Wildman–Crippen LogP) is 3.13. The fraction of sp³-hybridized carbons (Fsp3) is 0.231. The summed E-state index contributed by atoms with van der Waals surface area (Å²) < 4.78 is 0. The highest BCUT2D eigenvalue weighted by Crippen LogP contribution is 2.35. The molecular formula is C13H12ClN3. The van der Waals surface area contributed by atoms with Gasteiger partial charge in [0.15, 0.2) is 0 Å². The molecule has 0 saturated carbocycles. The largest absolute Gasteiger partial charge is 0.325 e. The molecule has 0 amide bonds. The smallest absolute Gasteiger partial charge is 0.140 e. The van der Waals surface area contributed by atoms with E-state index in [9.17, 15) is 0 Å². The fourth-order valence-corrected chi connectivity index (χ4v) is 2.38. The SMILES string of the molecule is Cc1c(Cl)ncnc1N1CCc2ccccc21. The van der Waals surface area contributed by atoms with E-state index in [0.717, 1.165) is 24.3 Å². The summed E-state index contributed by atoms with van der Waals surface area (Å²) in [5, 5.41) is 0.527. The van der Waals surface area contributed by atoms with Gasteiger partial charge in [-0.15, -0.1) is 0 Å². The van der Waals surface area contributed by atoms with Crippen molar-refractivity contribution < 1.29 is 0 Å². The average molecular weight is 246 g/mol. The maximum absolute atomic E-state index is 6.04. The second-order valence-corrected chi connectivity index (χ2v) is 4.50. The van der Waals surface area contributed by atoms with E-state index in [1.165, 1.54) is 17.6 Å². The first kappa shape index (κ1) is 10.5. The molecule has 0 saturated heterocycles. The van der Waals surface area contributed by atoms with Crippen molar-refractivity contribution in [2.45, 2.75) is 13.3 Å². The molecule has 2 aromatic rings. The van der Waals surface area contributed by atoms with Crippen LogP contribution in [-0.4, -0.2) is 16.5 Å². The zero-order chi connectivity index (χ0) is 11.8. The van der Waals surface area contributed by atoms with Gasteiger partial charge in [-0.3, -0.25) is 0 Å². The highest BCUT2D eigenvalue weighted by atomic mass is 35.5. The third-order valence-corrected chi connectivity index (χ3v) is 3.52. The molecule has 1 aromatic carbocycles. The van der Waals surface area contributed by atoms with Crippen molar-refractivity contribution >= 4 is 23.1 Å². The van der Waals surface area contributed by atoms with Gasteiger partial charge in [0.2, 0.25) is 0 Å². The Labute approximate surface area is 105 Å². The minimum absolute atomic E-state index is 0.527. The van der Waals surface area contributed by atoms with Crippen LogP contribution in [0.2, 0.25) is 5.15 Å². The van der Waals surface area contributed by atoms with Gasteiger partial charge in [-0.25, -0.2) is 9.97 Å². The molecule has 0 radical (unpaired) electrons. The number of anilines is 2. The molecule has 2 heterocycles. The molecule has 0 unspecified atom stereocenters. The Morgan fingerprint density at radius 3 is 2.94 bits per heavy atom. The lowest BCUT2D eigenvalue weighted by molar-refractivity contribution is 0.953. The van der Waals surface area contributed by atoms with Crippen LogP contribution in [0.1, 0.15) is 11.1 Å². The van der Waals surface area contributed by atoms with Crippen LogP contribution in [0.3, 0.4) is 0 Å². The van der Waals surface area contributed by atoms with Crippen LogP contribution in [0.5, 0.6) is 0 Å². The number of aromatic nitrogens is 2. The van der Waals surface area contributed by atoms with Crippen LogP contribution in [0, 0.1) is 6.92 Å². The second-order valence-electron chi connectivity index (χ2n) is 4.14. The Morgan fingerprint density at radius 2 is 2.06 bits per heavy atom. The Balaban J connectivity index is 2.10. The van der Waals surface area contributed by atoms with E-state index >= 15 is 0 Å². The Hall–Kier alpha value is -1.61. The first-order valence-electron chi connectivity index (χ1n) is 5.60. The molecule has 86 valence electrons. The Morgan fingerprint density at radius 1 is 1.24 bits per heavy atom. The highest BCUT2D eigenvalue weighted by molar-refractivity contribution is 6.30. The predicted molar refractivity (Wildman–Crippen MR) is 68.9 cm³/mol. The lowest BCUT2D eigenvalue weighted by atomic mass is 10.2. The van der Waals surface area contributed by atoms with Crippen LogP contribution in [-0.2, 0) is 6.42 Å². The number of fused-ring (bicyclic) bond motifs is 1. The maximum atomic E-state index is 6.04. The molecular weight excluding hydrogens is 234 g/mol. The number of para-hydroxylation sites is 1. The van der Waals surface area contributed by atoms with Crippen LogP contribution in [0.15, 0.2) is 30.6 Å².